The van der Waals surface area contributed by atoms with E-state index in [2.05, 4.69) is 10.4 Å². The van der Waals surface area contributed by atoms with E-state index in [-0.39, 0.29) is 5.91 Å². The van der Waals surface area contributed by atoms with Gasteiger partial charge in [-0.05, 0) is 61.1 Å². The van der Waals surface area contributed by atoms with E-state index >= 15 is 0 Å². The lowest BCUT2D eigenvalue weighted by molar-refractivity contribution is 0.0807. The Morgan fingerprint density at radius 3 is 2.53 bits per heavy atom. The molecular formula is C25H23Cl3N4O2. The summed E-state index contributed by atoms with van der Waals surface area (Å²) in [6.45, 7) is 2.20. The van der Waals surface area contributed by atoms with Crippen molar-refractivity contribution in [3.8, 4) is 22.7 Å². The van der Waals surface area contributed by atoms with E-state index in [1.807, 2.05) is 18.2 Å². The minimum absolute atomic E-state index is 0.211. The molecule has 176 valence electrons. The number of benzene rings is 2. The Kier molecular flexibility index (Phi) is 5.72. The highest BCUT2D eigenvalue weighted by Crippen LogP contribution is 2.41. The van der Waals surface area contributed by atoms with Crippen molar-refractivity contribution in [2.24, 2.45) is 11.8 Å². The van der Waals surface area contributed by atoms with E-state index in [4.69, 9.17) is 44.6 Å². The standard InChI is InChI=1S/C25H23Cl3N4O2/c26-16-5-7-21(20(28)10-16)32-24-18-6-4-17(27)11-22(18)34-9-8-19(24)23(29-32)25(33)30-31-12-14-2-1-3-15(14)13-31/h4-7,10-11,14-15H,1-3,8-9,12-13H2,(H,30,33). The zero-order valence-corrected chi connectivity index (χ0v) is 20.6. The molecule has 9 heteroatoms. The van der Waals surface area contributed by atoms with E-state index in [1.54, 1.807) is 22.9 Å². The van der Waals surface area contributed by atoms with Crippen molar-refractivity contribution < 1.29 is 9.53 Å². The number of rotatable bonds is 3. The van der Waals surface area contributed by atoms with Crippen molar-refractivity contribution in [3.63, 3.8) is 0 Å². The number of carbonyl (C=O) groups is 1. The van der Waals surface area contributed by atoms with E-state index in [0.717, 1.165) is 29.9 Å². The highest BCUT2D eigenvalue weighted by atomic mass is 35.5. The summed E-state index contributed by atoms with van der Waals surface area (Å²) in [5.74, 6) is 1.79. The van der Waals surface area contributed by atoms with Gasteiger partial charge in [-0.25, -0.2) is 9.69 Å². The molecule has 0 bridgehead atoms. The van der Waals surface area contributed by atoms with Crippen LogP contribution in [0.15, 0.2) is 36.4 Å². The lowest BCUT2D eigenvalue weighted by atomic mass is 10.0. The van der Waals surface area contributed by atoms with Crippen LogP contribution >= 0.6 is 34.8 Å². The van der Waals surface area contributed by atoms with Crippen molar-refractivity contribution in [3.05, 3.63) is 62.7 Å². The van der Waals surface area contributed by atoms with Gasteiger partial charge in [0.2, 0.25) is 0 Å². The molecule has 1 aliphatic carbocycles. The Morgan fingerprint density at radius 1 is 1.03 bits per heavy atom. The average molecular weight is 518 g/mol. The number of nitrogens with one attached hydrogen (secondary N) is 1. The number of hydrogen-bond donors (Lipinski definition) is 1. The molecule has 2 aromatic carbocycles. The number of amides is 1. The number of hydrazine groups is 1. The minimum atomic E-state index is -0.211. The first-order valence-electron chi connectivity index (χ1n) is 11.5. The Morgan fingerprint density at radius 2 is 1.76 bits per heavy atom. The molecule has 6 rings (SSSR count). The number of aromatic nitrogens is 2. The van der Waals surface area contributed by atoms with Gasteiger partial charge in [-0.1, -0.05) is 41.2 Å². The average Bonchev–Trinajstić information content (AvgIpc) is 3.45. The van der Waals surface area contributed by atoms with Crippen LogP contribution in [0.3, 0.4) is 0 Å². The summed E-state index contributed by atoms with van der Waals surface area (Å²) < 4.78 is 7.73. The van der Waals surface area contributed by atoms with Crippen LogP contribution in [0.2, 0.25) is 15.1 Å². The number of hydrogen-bond acceptors (Lipinski definition) is 4. The predicted molar refractivity (Wildman–Crippen MR) is 133 cm³/mol. The van der Waals surface area contributed by atoms with Crippen LogP contribution in [0.5, 0.6) is 5.75 Å². The first-order valence-corrected chi connectivity index (χ1v) is 12.7. The van der Waals surface area contributed by atoms with Gasteiger partial charge in [-0.3, -0.25) is 10.2 Å². The molecule has 6 nitrogen and oxygen atoms in total. The third-order valence-corrected chi connectivity index (χ3v) is 7.90. The van der Waals surface area contributed by atoms with Crippen LogP contribution < -0.4 is 10.2 Å². The van der Waals surface area contributed by atoms with Gasteiger partial charge in [-0.15, -0.1) is 0 Å². The molecule has 2 unspecified atom stereocenters. The molecule has 3 aromatic rings. The molecule has 1 saturated heterocycles. The molecule has 34 heavy (non-hydrogen) atoms. The molecule has 0 radical (unpaired) electrons. The SMILES string of the molecule is O=C(NN1CC2CCCC2C1)c1nn(-c2ccc(Cl)cc2Cl)c2c1CCOc1cc(Cl)ccc1-2. The van der Waals surface area contributed by atoms with Gasteiger partial charge in [0.25, 0.3) is 5.91 Å². The topological polar surface area (TPSA) is 59.4 Å². The van der Waals surface area contributed by atoms with Gasteiger partial charge in [0.1, 0.15) is 5.75 Å². The maximum absolute atomic E-state index is 13.5. The van der Waals surface area contributed by atoms with Crippen molar-refractivity contribution in [2.75, 3.05) is 19.7 Å². The maximum Gasteiger partial charge on any atom is 0.286 e. The molecule has 2 atom stereocenters. The van der Waals surface area contributed by atoms with E-state index in [9.17, 15) is 4.79 Å². The smallest absolute Gasteiger partial charge is 0.286 e. The highest BCUT2D eigenvalue weighted by molar-refractivity contribution is 6.35. The van der Waals surface area contributed by atoms with E-state index in [1.165, 1.54) is 19.3 Å². The van der Waals surface area contributed by atoms with E-state index < -0.39 is 0 Å². The summed E-state index contributed by atoms with van der Waals surface area (Å²) in [5, 5.41) is 8.39. The molecule has 0 spiro atoms. The molecule has 1 aromatic heterocycles. The predicted octanol–water partition coefficient (Wildman–Crippen LogP) is 5.81. The highest BCUT2D eigenvalue weighted by Gasteiger charge is 2.37. The fourth-order valence-electron chi connectivity index (χ4n) is 5.57. The van der Waals surface area contributed by atoms with Crippen molar-refractivity contribution in [1.82, 2.24) is 20.2 Å². The van der Waals surface area contributed by atoms with Crippen molar-refractivity contribution in [1.29, 1.82) is 0 Å². The molecular weight excluding hydrogens is 495 g/mol. The first-order chi connectivity index (χ1) is 16.5. The summed E-state index contributed by atoms with van der Waals surface area (Å²) in [7, 11) is 0. The third-order valence-electron chi connectivity index (χ3n) is 7.13. The largest absolute Gasteiger partial charge is 0.492 e. The summed E-state index contributed by atoms with van der Waals surface area (Å²) in [5.41, 5.74) is 6.54. The van der Waals surface area contributed by atoms with Crippen LogP contribution in [0, 0.1) is 11.8 Å². The number of ether oxygens (including phenoxy) is 1. The van der Waals surface area contributed by atoms with Gasteiger partial charge < -0.3 is 4.74 Å². The molecule has 3 aliphatic rings. The number of nitrogens with zero attached hydrogens (tertiary/aromatic N) is 3. The Hall–Kier alpha value is -2.25. The summed E-state index contributed by atoms with van der Waals surface area (Å²) in [6, 6.07) is 10.7. The number of carbonyl (C=O) groups excluding carboxylic acids is 1. The molecule has 2 aliphatic heterocycles. The molecule has 1 saturated carbocycles. The summed E-state index contributed by atoms with van der Waals surface area (Å²) in [6.07, 6.45) is 4.31. The fourth-order valence-corrected chi connectivity index (χ4v) is 6.22. The van der Waals surface area contributed by atoms with Crippen LogP contribution in [0.4, 0.5) is 0 Å². The maximum atomic E-state index is 13.5. The second-order valence-corrected chi connectivity index (χ2v) is 10.5. The monoisotopic (exact) mass is 516 g/mol. The number of fused-ring (bicyclic) bond motifs is 4. The lowest BCUT2D eigenvalue weighted by Crippen LogP contribution is -2.41. The number of halogens is 3. The third kappa shape index (κ3) is 3.87. The van der Waals surface area contributed by atoms with Gasteiger partial charge in [0.15, 0.2) is 5.69 Å². The second kappa shape index (κ2) is 8.76. The zero-order valence-electron chi connectivity index (χ0n) is 18.4. The molecule has 3 heterocycles. The zero-order chi connectivity index (χ0) is 23.4. The van der Waals surface area contributed by atoms with Crippen LogP contribution in [-0.2, 0) is 6.42 Å². The second-order valence-electron chi connectivity index (χ2n) is 9.22. The van der Waals surface area contributed by atoms with Crippen molar-refractivity contribution in [2.45, 2.75) is 25.7 Å². The normalized spacial score (nSPS) is 21.4. The quantitative estimate of drug-likeness (QED) is 0.476. The van der Waals surface area contributed by atoms with Crippen molar-refractivity contribution >= 4 is 40.7 Å². The summed E-state index contributed by atoms with van der Waals surface area (Å²) in [4.78, 5) is 13.5. The molecule has 2 fully saturated rings. The van der Waals surface area contributed by atoms with E-state index in [0.29, 0.717) is 57.1 Å². The van der Waals surface area contributed by atoms with Gasteiger partial charge in [0.05, 0.1) is 23.0 Å². The lowest BCUT2D eigenvalue weighted by Gasteiger charge is -2.17. The minimum Gasteiger partial charge on any atom is -0.492 e. The van der Waals surface area contributed by atoms with Gasteiger partial charge in [0, 0.05) is 40.7 Å². The van der Waals surface area contributed by atoms with Crippen LogP contribution in [0.1, 0.15) is 35.3 Å². The van der Waals surface area contributed by atoms with Crippen LogP contribution in [0.25, 0.3) is 16.9 Å². The fraction of sp³-hybridized carbons (Fsp3) is 0.360. The van der Waals surface area contributed by atoms with Gasteiger partial charge in [-0.2, -0.15) is 5.10 Å². The summed E-state index contributed by atoms with van der Waals surface area (Å²) >= 11 is 19.0. The Labute approximate surface area is 212 Å². The Bertz CT molecular complexity index is 1280. The van der Waals surface area contributed by atoms with Crippen LogP contribution in [-0.4, -0.2) is 40.4 Å². The van der Waals surface area contributed by atoms with Gasteiger partial charge >= 0.3 is 0 Å². The molecule has 1 N–H and O–H groups in total. The first kappa shape index (κ1) is 22.2. The molecule has 1 amide bonds. The Balaban J connectivity index is 1.45.